The fourth-order valence-corrected chi connectivity index (χ4v) is 4.33. The smallest absolute Gasteiger partial charge is 0.0125 e. The maximum Gasteiger partial charge on any atom is -0.0125 e. The van der Waals surface area contributed by atoms with Crippen LogP contribution in [0.4, 0.5) is 0 Å². The predicted octanol–water partition coefficient (Wildman–Crippen LogP) is 5.26. The first-order valence-electron chi connectivity index (χ1n) is 7.56. The van der Waals surface area contributed by atoms with Crippen LogP contribution in [0, 0.1) is 11.8 Å². The van der Waals surface area contributed by atoms with E-state index < -0.39 is 0 Å². The average molecular weight is 248 g/mol. The van der Waals surface area contributed by atoms with Crippen LogP contribution in [0.25, 0.3) is 11.1 Å². The second-order valence-corrected chi connectivity index (χ2v) is 6.23. The molecule has 2 saturated carbocycles. The molecule has 0 nitrogen and oxygen atoms in total. The number of hydrogen-bond acceptors (Lipinski definition) is 0. The monoisotopic (exact) mass is 248 g/mol. The van der Waals surface area contributed by atoms with Crippen LogP contribution < -0.4 is 0 Å². The zero-order valence-corrected chi connectivity index (χ0v) is 11.3. The molecule has 2 aromatic carbocycles. The highest BCUT2D eigenvalue weighted by molar-refractivity contribution is 5.68. The Bertz CT molecular complexity index is 570. The van der Waals surface area contributed by atoms with E-state index in [9.17, 15) is 0 Å². The average Bonchev–Trinajstić information content (AvgIpc) is 3.11. The van der Waals surface area contributed by atoms with Gasteiger partial charge < -0.3 is 0 Å². The van der Waals surface area contributed by atoms with Crippen LogP contribution in [0.15, 0.2) is 54.6 Å². The number of fused-ring (bicyclic) bond motifs is 2. The number of rotatable bonds is 2. The Morgan fingerprint density at radius 2 is 1.53 bits per heavy atom. The quantitative estimate of drug-likeness (QED) is 0.680. The summed E-state index contributed by atoms with van der Waals surface area (Å²) in [7, 11) is 0. The Kier molecular flexibility index (Phi) is 2.69. The van der Waals surface area contributed by atoms with E-state index in [1.165, 1.54) is 36.8 Å². The van der Waals surface area contributed by atoms with E-state index in [0.29, 0.717) is 0 Å². The lowest BCUT2D eigenvalue weighted by Crippen LogP contribution is -2.09. The fraction of sp³-hybridized carbons (Fsp3) is 0.368. The molecule has 19 heavy (non-hydrogen) atoms. The van der Waals surface area contributed by atoms with Crippen LogP contribution in [0.5, 0.6) is 0 Å². The maximum absolute atomic E-state index is 2.37. The molecular weight excluding hydrogens is 228 g/mol. The Balaban J connectivity index is 1.77. The maximum atomic E-state index is 2.37. The summed E-state index contributed by atoms with van der Waals surface area (Å²) >= 11 is 0. The molecular formula is C19H20. The van der Waals surface area contributed by atoms with Crippen molar-refractivity contribution in [2.45, 2.75) is 31.6 Å². The normalized spacial score (nSPS) is 28.7. The molecule has 0 saturated heterocycles. The highest BCUT2D eigenvalue weighted by Gasteiger charge is 2.40. The molecule has 3 unspecified atom stereocenters. The van der Waals surface area contributed by atoms with Crippen LogP contribution >= 0.6 is 0 Å². The summed E-state index contributed by atoms with van der Waals surface area (Å²) in [5.74, 6) is 2.78. The molecule has 2 aliphatic rings. The summed E-state index contributed by atoms with van der Waals surface area (Å²) in [6, 6.07) is 19.9. The Morgan fingerprint density at radius 1 is 0.737 bits per heavy atom. The standard InChI is InChI=1S/C19H20/c1-2-6-15(7-3-1)17-8-4-5-9-18(17)19-13-14-10-11-16(19)12-14/h1-9,14,16,19H,10-13H2. The SMILES string of the molecule is c1ccc(-c2ccccc2C2CC3CCC2C3)cc1. The second kappa shape index (κ2) is 4.52. The minimum atomic E-state index is 0.815. The number of benzene rings is 2. The fourth-order valence-electron chi connectivity index (χ4n) is 4.33. The van der Waals surface area contributed by atoms with Gasteiger partial charge in [0.15, 0.2) is 0 Å². The molecule has 4 rings (SSSR count). The third kappa shape index (κ3) is 1.90. The van der Waals surface area contributed by atoms with Gasteiger partial charge in [-0.3, -0.25) is 0 Å². The van der Waals surface area contributed by atoms with Gasteiger partial charge in [-0.2, -0.15) is 0 Å². The van der Waals surface area contributed by atoms with E-state index in [1.54, 1.807) is 5.56 Å². The predicted molar refractivity (Wildman–Crippen MR) is 80.1 cm³/mol. The molecule has 0 heterocycles. The van der Waals surface area contributed by atoms with Crippen LogP contribution in [0.3, 0.4) is 0 Å². The van der Waals surface area contributed by atoms with Crippen molar-refractivity contribution in [3.8, 4) is 11.1 Å². The lowest BCUT2D eigenvalue weighted by atomic mass is 9.80. The summed E-state index contributed by atoms with van der Waals surface area (Å²) in [5.41, 5.74) is 4.43. The van der Waals surface area contributed by atoms with Crippen molar-refractivity contribution in [3.05, 3.63) is 60.2 Å². The van der Waals surface area contributed by atoms with E-state index in [-0.39, 0.29) is 0 Å². The van der Waals surface area contributed by atoms with Gasteiger partial charge in [-0.15, -0.1) is 0 Å². The van der Waals surface area contributed by atoms with Gasteiger partial charge in [-0.05, 0) is 53.7 Å². The van der Waals surface area contributed by atoms with Gasteiger partial charge in [0.05, 0.1) is 0 Å². The largest absolute Gasteiger partial charge is 0.0622 e. The van der Waals surface area contributed by atoms with Gasteiger partial charge in [0.1, 0.15) is 0 Å². The first-order chi connectivity index (χ1) is 9.42. The van der Waals surface area contributed by atoms with Crippen LogP contribution in [0.2, 0.25) is 0 Å². The Morgan fingerprint density at radius 3 is 2.26 bits per heavy atom. The summed E-state index contributed by atoms with van der Waals surface area (Å²) in [5, 5.41) is 0. The van der Waals surface area contributed by atoms with E-state index in [4.69, 9.17) is 0 Å². The van der Waals surface area contributed by atoms with Crippen molar-refractivity contribution in [1.82, 2.24) is 0 Å². The molecule has 0 amide bonds. The second-order valence-electron chi connectivity index (χ2n) is 6.23. The summed E-state index contributed by atoms with van der Waals surface area (Å²) < 4.78 is 0. The third-order valence-corrected chi connectivity index (χ3v) is 5.18. The van der Waals surface area contributed by atoms with E-state index in [2.05, 4.69) is 54.6 Å². The molecule has 0 spiro atoms. The first-order valence-corrected chi connectivity index (χ1v) is 7.56. The minimum absolute atomic E-state index is 0.815. The molecule has 2 bridgehead atoms. The third-order valence-electron chi connectivity index (χ3n) is 5.18. The zero-order chi connectivity index (χ0) is 12.7. The lowest BCUT2D eigenvalue weighted by molar-refractivity contribution is 0.420. The van der Waals surface area contributed by atoms with Gasteiger partial charge in [0.2, 0.25) is 0 Å². The molecule has 0 heteroatoms. The zero-order valence-electron chi connectivity index (χ0n) is 11.3. The van der Waals surface area contributed by atoms with Gasteiger partial charge in [-0.25, -0.2) is 0 Å². The Hall–Kier alpha value is -1.56. The summed E-state index contributed by atoms with van der Waals surface area (Å²) in [6.07, 6.45) is 5.84. The molecule has 0 radical (unpaired) electrons. The van der Waals surface area contributed by atoms with Crippen molar-refractivity contribution >= 4 is 0 Å². The Labute approximate surface area is 115 Å². The van der Waals surface area contributed by atoms with E-state index in [1.807, 2.05) is 0 Å². The molecule has 0 aromatic heterocycles. The van der Waals surface area contributed by atoms with Crippen molar-refractivity contribution < 1.29 is 0 Å². The molecule has 2 aliphatic carbocycles. The van der Waals surface area contributed by atoms with Gasteiger partial charge in [-0.1, -0.05) is 61.0 Å². The highest BCUT2D eigenvalue weighted by Crippen LogP contribution is 2.54. The topological polar surface area (TPSA) is 0 Å². The molecule has 3 atom stereocenters. The van der Waals surface area contributed by atoms with Crippen molar-refractivity contribution in [3.63, 3.8) is 0 Å². The molecule has 0 aliphatic heterocycles. The van der Waals surface area contributed by atoms with E-state index >= 15 is 0 Å². The van der Waals surface area contributed by atoms with Gasteiger partial charge in [0, 0.05) is 0 Å². The van der Waals surface area contributed by atoms with Crippen LogP contribution in [0.1, 0.15) is 37.2 Å². The van der Waals surface area contributed by atoms with Crippen molar-refractivity contribution in [1.29, 1.82) is 0 Å². The highest BCUT2D eigenvalue weighted by atomic mass is 14.4. The summed E-state index contributed by atoms with van der Waals surface area (Å²) in [4.78, 5) is 0. The lowest BCUT2D eigenvalue weighted by Gasteiger charge is -2.24. The number of hydrogen-bond donors (Lipinski definition) is 0. The molecule has 2 aromatic rings. The summed E-state index contributed by atoms with van der Waals surface area (Å²) in [6.45, 7) is 0. The molecule has 96 valence electrons. The van der Waals surface area contributed by atoms with Crippen LogP contribution in [-0.2, 0) is 0 Å². The molecule has 2 fully saturated rings. The molecule has 0 N–H and O–H groups in total. The van der Waals surface area contributed by atoms with E-state index in [0.717, 1.165) is 17.8 Å². The van der Waals surface area contributed by atoms with Crippen molar-refractivity contribution in [2.24, 2.45) is 11.8 Å². The first kappa shape index (κ1) is 11.3. The minimum Gasteiger partial charge on any atom is -0.0622 e. The van der Waals surface area contributed by atoms with Crippen LogP contribution in [-0.4, -0.2) is 0 Å². The van der Waals surface area contributed by atoms with Crippen molar-refractivity contribution in [2.75, 3.05) is 0 Å². The van der Waals surface area contributed by atoms with Gasteiger partial charge >= 0.3 is 0 Å². The van der Waals surface area contributed by atoms with Gasteiger partial charge in [0.25, 0.3) is 0 Å².